The van der Waals surface area contributed by atoms with Gasteiger partial charge in [0.15, 0.2) is 0 Å². The van der Waals surface area contributed by atoms with E-state index in [2.05, 4.69) is 20.3 Å². The van der Waals surface area contributed by atoms with E-state index in [1.165, 1.54) is 0 Å². The molecule has 7 heteroatoms. The van der Waals surface area contributed by atoms with Crippen molar-refractivity contribution >= 4 is 23.4 Å². The number of piperazine rings is 1. The van der Waals surface area contributed by atoms with Gasteiger partial charge in [0.05, 0.1) is 12.2 Å². The number of thioether (sulfide) groups is 1. The average molecular weight is 360 g/mol. The molecule has 1 N–H and O–H groups in total. The molecule has 1 aliphatic rings. The smallest absolute Gasteiger partial charge is 0.238 e. The molecule has 2 aromatic rings. The number of benzene rings is 1. The molecule has 2 heterocycles. The van der Waals surface area contributed by atoms with Gasteiger partial charge in [-0.3, -0.25) is 14.6 Å². The first kappa shape index (κ1) is 18.0. The van der Waals surface area contributed by atoms with Crippen molar-refractivity contribution in [2.24, 2.45) is 0 Å². The molecule has 1 amide bonds. The van der Waals surface area contributed by atoms with Gasteiger partial charge in [0.2, 0.25) is 5.91 Å². The summed E-state index contributed by atoms with van der Waals surface area (Å²) >= 11 is 1.67. The third kappa shape index (κ3) is 5.32. The maximum Gasteiger partial charge on any atom is 0.238 e. The van der Waals surface area contributed by atoms with E-state index < -0.39 is 0 Å². The Labute approximate surface area is 152 Å². The highest BCUT2D eigenvalue weighted by Crippen LogP contribution is 2.19. The number of hydrogen-bond acceptors (Lipinski definition) is 6. The van der Waals surface area contributed by atoms with Crippen molar-refractivity contribution in [1.82, 2.24) is 15.0 Å². The van der Waals surface area contributed by atoms with Crippen molar-refractivity contribution in [2.45, 2.75) is 18.4 Å². The van der Waals surface area contributed by atoms with Crippen LogP contribution in [0.3, 0.4) is 0 Å². The maximum atomic E-state index is 12.3. The summed E-state index contributed by atoms with van der Waals surface area (Å²) in [5, 5.41) is 7.03. The summed E-state index contributed by atoms with van der Waals surface area (Å²) < 4.78 is 5.11. The van der Waals surface area contributed by atoms with E-state index in [1.807, 2.05) is 43.5 Å². The van der Waals surface area contributed by atoms with Crippen molar-refractivity contribution in [3.63, 3.8) is 0 Å². The first-order chi connectivity index (χ1) is 12.1. The normalized spacial score (nSPS) is 16.1. The monoisotopic (exact) mass is 360 g/mol. The molecule has 1 fully saturated rings. The van der Waals surface area contributed by atoms with Gasteiger partial charge in [-0.15, -0.1) is 11.8 Å². The van der Waals surface area contributed by atoms with E-state index in [1.54, 1.807) is 11.8 Å². The molecule has 6 nitrogen and oxygen atoms in total. The number of aromatic nitrogens is 1. The highest BCUT2D eigenvalue weighted by Gasteiger charge is 2.20. The number of rotatable bonds is 6. The summed E-state index contributed by atoms with van der Waals surface area (Å²) in [6.45, 7) is 6.77. The number of amides is 1. The van der Waals surface area contributed by atoms with E-state index in [-0.39, 0.29) is 5.91 Å². The van der Waals surface area contributed by atoms with Gasteiger partial charge >= 0.3 is 0 Å². The van der Waals surface area contributed by atoms with E-state index in [0.29, 0.717) is 6.54 Å². The van der Waals surface area contributed by atoms with E-state index in [9.17, 15) is 4.79 Å². The molecule has 1 aliphatic heterocycles. The third-order valence-corrected chi connectivity index (χ3v) is 4.97. The Balaban J connectivity index is 1.42. The molecule has 0 spiro atoms. The Morgan fingerprint density at radius 3 is 2.68 bits per heavy atom. The average Bonchev–Trinajstić information content (AvgIpc) is 3.01. The quantitative estimate of drug-likeness (QED) is 0.799. The Bertz CT molecular complexity index is 711. The van der Waals surface area contributed by atoms with Crippen molar-refractivity contribution in [2.75, 3.05) is 44.3 Å². The fourth-order valence-electron chi connectivity index (χ4n) is 2.93. The topological polar surface area (TPSA) is 61.6 Å². The van der Waals surface area contributed by atoms with Crippen LogP contribution in [0.1, 0.15) is 11.5 Å². The van der Waals surface area contributed by atoms with Crippen LogP contribution in [-0.4, -0.2) is 59.8 Å². The number of carbonyl (C=O) groups is 1. The predicted octanol–water partition coefficient (Wildman–Crippen LogP) is 2.46. The lowest BCUT2D eigenvalue weighted by molar-refractivity contribution is -0.117. The van der Waals surface area contributed by atoms with Crippen LogP contribution in [0.4, 0.5) is 5.69 Å². The molecule has 134 valence electrons. The second kappa shape index (κ2) is 8.51. The molecule has 25 heavy (non-hydrogen) atoms. The van der Waals surface area contributed by atoms with Gasteiger partial charge in [0.1, 0.15) is 5.76 Å². The Morgan fingerprint density at radius 2 is 2.00 bits per heavy atom. The summed E-state index contributed by atoms with van der Waals surface area (Å²) in [5.74, 6) is 0.884. The lowest BCUT2D eigenvalue weighted by Gasteiger charge is -2.33. The van der Waals surface area contributed by atoms with Gasteiger partial charge in [-0.25, -0.2) is 0 Å². The zero-order valence-corrected chi connectivity index (χ0v) is 15.5. The van der Waals surface area contributed by atoms with Gasteiger partial charge in [-0.1, -0.05) is 11.2 Å². The van der Waals surface area contributed by atoms with Crippen LogP contribution in [0.2, 0.25) is 0 Å². The van der Waals surface area contributed by atoms with Gasteiger partial charge < -0.3 is 9.84 Å². The van der Waals surface area contributed by atoms with Gasteiger partial charge in [-0.2, -0.15) is 0 Å². The summed E-state index contributed by atoms with van der Waals surface area (Å²) in [5.41, 5.74) is 1.83. The first-order valence-electron chi connectivity index (χ1n) is 8.43. The number of aryl methyl sites for hydroxylation is 1. The van der Waals surface area contributed by atoms with Crippen LogP contribution in [0.5, 0.6) is 0 Å². The molecule has 0 radical (unpaired) electrons. The van der Waals surface area contributed by atoms with Crippen molar-refractivity contribution in [3.05, 3.63) is 41.8 Å². The zero-order chi connectivity index (χ0) is 17.6. The molecule has 0 atom stereocenters. The Kier molecular flexibility index (Phi) is 6.12. The van der Waals surface area contributed by atoms with Gasteiger partial charge in [-0.05, 0) is 31.4 Å². The van der Waals surface area contributed by atoms with Crippen LogP contribution < -0.4 is 5.32 Å². The number of carbonyl (C=O) groups excluding carboxylic acids is 1. The first-order valence-corrected chi connectivity index (χ1v) is 9.65. The number of hydrogen-bond donors (Lipinski definition) is 1. The summed E-state index contributed by atoms with van der Waals surface area (Å²) in [4.78, 5) is 17.9. The summed E-state index contributed by atoms with van der Waals surface area (Å²) in [6, 6.07) is 9.90. The minimum atomic E-state index is 0.0406. The Morgan fingerprint density at radius 1 is 1.24 bits per heavy atom. The fraction of sp³-hybridized carbons (Fsp3) is 0.444. The summed E-state index contributed by atoms with van der Waals surface area (Å²) in [6.07, 6.45) is 2.03. The second-order valence-corrected chi connectivity index (χ2v) is 7.14. The van der Waals surface area contributed by atoms with Crippen LogP contribution in [0.15, 0.2) is 39.8 Å². The third-order valence-electron chi connectivity index (χ3n) is 4.25. The highest BCUT2D eigenvalue weighted by molar-refractivity contribution is 7.98. The minimum absolute atomic E-state index is 0.0406. The number of nitrogens with zero attached hydrogens (tertiary/aromatic N) is 3. The fourth-order valence-corrected chi connectivity index (χ4v) is 3.39. The Hall–Kier alpha value is -1.83. The molecular formula is C18H24N4O2S. The summed E-state index contributed by atoms with van der Waals surface area (Å²) in [7, 11) is 0. The number of anilines is 1. The van der Waals surface area contributed by atoms with E-state index >= 15 is 0 Å². The molecule has 0 bridgehead atoms. The van der Waals surface area contributed by atoms with Crippen LogP contribution in [-0.2, 0) is 11.3 Å². The van der Waals surface area contributed by atoms with Crippen molar-refractivity contribution in [1.29, 1.82) is 0 Å². The molecule has 1 aromatic carbocycles. The van der Waals surface area contributed by atoms with Gasteiger partial charge in [0, 0.05) is 49.4 Å². The number of nitrogens with one attached hydrogen (secondary N) is 1. The standard InChI is InChI=1S/C18H24N4O2S/c1-14-10-16(20-24-14)12-21-6-8-22(9-7-21)13-18(23)19-15-4-3-5-17(11-15)25-2/h3-5,10-11H,6-9,12-13H2,1-2H3,(H,19,23). The van der Waals surface area contributed by atoms with Gasteiger partial charge in [0.25, 0.3) is 0 Å². The van der Waals surface area contributed by atoms with Crippen molar-refractivity contribution < 1.29 is 9.32 Å². The molecular weight excluding hydrogens is 336 g/mol. The zero-order valence-electron chi connectivity index (χ0n) is 14.7. The van der Waals surface area contributed by atoms with Crippen LogP contribution in [0, 0.1) is 6.92 Å². The largest absolute Gasteiger partial charge is 0.361 e. The second-order valence-electron chi connectivity index (χ2n) is 6.26. The molecule has 0 saturated carbocycles. The van der Waals surface area contributed by atoms with E-state index in [4.69, 9.17) is 4.52 Å². The molecule has 0 unspecified atom stereocenters. The van der Waals surface area contributed by atoms with Crippen LogP contribution >= 0.6 is 11.8 Å². The molecule has 1 aromatic heterocycles. The molecule has 3 rings (SSSR count). The maximum absolute atomic E-state index is 12.3. The highest BCUT2D eigenvalue weighted by atomic mass is 32.2. The molecule has 1 saturated heterocycles. The van der Waals surface area contributed by atoms with E-state index in [0.717, 1.165) is 54.8 Å². The predicted molar refractivity (Wildman–Crippen MR) is 99.8 cm³/mol. The van der Waals surface area contributed by atoms with Crippen LogP contribution in [0.25, 0.3) is 0 Å². The van der Waals surface area contributed by atoms with Crippen molar-refractivity contribution in [3.8, 4) is 0 Å². The molecule has 0 aliphatic carbocycles. The lowest BCUT2D eigenvalue weighted by atomic mass is 10.2. The lowest BCUT2D eigenvalue weighted by Crippen LogP contribution is -2.48. The SMILES string of the molecule is CSc1cccc(NC(=O)CN2CCN(Cc3cc(C)on3)CC2)c1. The minimum Gasteiger partial charge on any atom is -0.361 e.